The van der Waals surface area contributed by atoms with E-state index in [9.17, 15) is 14.7 Å². The van der Waals surface area contributed by atoms with Crippen molar-refractivity contribution in [2.24, 2.45) is 0 Å². The first-order valence-corrected chi connectivity index (χ1v) is 14.1. The normalized spacial score (nSPS) is 21.2. The van der Waals surface area contributed by atoms with E-state index in [1.807, 2.05) is 48.5 Å². The van der Waals surface area contributed by atoms with Crippen LogP contribution in [0.1, 0.15) is 68.1 Å². The quantitative estimate of drug-likeness (QED) is 0.256. The van der Waals surface area contributed by atoms with Crippen LogP contribution in [0.5, 0.6) is 0 Å². The summed E-state index contributed by atoms with van der Waals surface area (Å²) in [5, 5.41) is 14.7. The van der Waals surface area contributed by atoms with Gasteiger partial charge in [0.05, 0.1) is 25.4 Å². The minimum Gasteiger partial charge on any atom is -0.465 e. The van der Waals surface area contributed by atoms with E-state index < -0.39 is 18.3 Å². The van der Waals surface area contributed by atoms with Crippen LogP contribution in [0, 0.1) is 0 Å². The van der Waals surface area contributed by atoms with E-state index in [0.717, 1.165) is 29.8 Å². The molecule has 2 amide bonds. The fourth-order valence-corrected chi connectivity index (χ4v) is 5.41. The van der Waals surface area contributed by atoms with E-state index in [-0.39, 0.29) is 32.0 Å². The highest BCUT2D eigenvalue weighted by atomic mass is 16.7. The Morgan fingerprint density at radius 2 is 1.90 bits per heavy atom. The molecule has 2 fully saturated rings. The third-order valence-corrected chi connectivity index (χ3v) is 7.37. The second kappa shape index (κ2) is 14.9. The number of aliphatic hydroxyl groups excluding tert-OH is 1. The van der Waals surface area contributed by atoms with Crippen molar-refractivity contribution in [3.05, 3.63) is 77.9 Å². The van der Waals surface area contributed by atoms with Crippen molar-refractivity contribution >= 4 is 17.7 Å². The molecular weight excluding hydrogens is 510 g/mol. The van der Waals surface area contributed by atoms with E-state index in [2.05, 4.69) is 22.1 Å². The number of carbonyl (C=O) groups excluding carboxylic acids is 2. The third kappa shape index (κ3) is 8.38. The Labute approximate surface area is 236 Å². The van der Waals surface area contributed by atoms with Crippen LogP contribution in [0.3, 0.4) is 0 Å². The molecule has 1 aliphatic heterocycles. The molecule has 1 heterocycles. The van der Waals surface area contributed by atoms with Gasteiger partial charge >= 0.3 is 12.0 Å². The van der Waals surface area contributed by atoms with Crippen molar-refractivity contribution in [2.75, 3.05) is 31.6 Å². The third-order valence-electron chi connectivity index (χ3n) is 7.37. The summed E-state index contributed by atoms with van der Waals surface area (Å²) in [4.78, 5) is 26.4. The first kappa shape index (κ1) is 29.7. The van der Waals surface area contributed by atoms with Crippen LogP contribution in [0.15, 0.2) is 61.2 Å². The number of hydrogen-bond donors (Lipinski definition) is 3. The number of hydrogen-bond acceptors (Lipinski definition) is 7. The molecule has 216 valence electrons. The van der Waals surface area contributed by atoms with Gasteiger partial charge in [0.1, 0.15) is 6.54 Å². The number of nitrogens with one attached hydrogen (secondary N) is 2. The summed E-state index contributed by atoms with van der Waals surface area (Å²) in [5.41, 5.74) is 3.21. The molecule has 1 saturated heterocycles. The zero-order valence-electron chi connectivity index (χ0n) is 23.2. The Balaban J connectivity index is 1.50. The van der Waals surface area contributed by atoms with Gasteiger partial charge in [0.15, 0.2) is 6.29 Å². The Morgan fingerprint density at radius 3 is 2.60 bits per heavy atom. The summed E-state index contributed by atoms with van der Waals surface area (Å²) in [6.45, 7) is 7.31. The Morgan fingerprint density at radius 1 is 1.12 bits per heavy atom. The SMILES string of the molecule is C=CCN(CC1CC(c2ccc(CO)cc2)OC(c2cccc(NC(=O)NCC(=O)OCC)c2)O1)C1CCCC1. The van der Waals surface area contributed by atoms with Crippen LogP contribution >= 0.6 is 0 Å². The fourth-order valence-electron chi connectivity index (χ4n) is 5.41. The number of rotatable bonds is 12. The summed E-state index contributed by atoms with van der Waals surface area (Å²) in [7, 11) is 0. The van der Waals surface area contributed by atoms with Crippen LogP contribution in [0.2, 0.25) is 0 Å². The molecule has 0 aromatic heterocycles. The molecule has 2 aromatic rings. The summed E-state index contributed by atoms with van der Waals surface area (Å²) >= 11 is 0. The van der Waals surface area contributed by atoms with E-state index in [4.69, 9.17) is 14.2 Å². The number of aliphatic hydroxyl groups is 1. The van der Waals surface area contributed by atoms with Crippen molar-refractivity contribution in [3.63, 3.8) is 0 Å². The smallest absolute Gasteiger partial charge is 0.325 e. The number of urea groups is 1. The second-order valence-electron chi connectivity index (χ2n) is 10.3. The van der Waals surface area contributed by atoms with Gasteiger partial charge in [-0.05, 0) is 43.0 Å². The molecule has 4 rings (SSSR count). The highest BCUT2D eigenvalue weighted by molar-refractivity contribution is 5.91. The first-order chi connectivity index (χ1) is 19.5. The fraction of sp³-hybridized carbons (Fsp3) is 0.484. The van der Waals surface area contributed by atoms with Crippen molar-refractivity contribution in [1.82, 2.24) is 10.2 Å². The van der Waals surface area contributed by atoms with Gasteiger partial charge in [-0.2, -0.15) is 0 Å². The summed E-state index contributed by atoms with van der Waals surface area (Å²) < 4.78 is 17.9. The van der Waals surface area contributed by atoms with E-state index in [1.54, 1.807) is 13.0 Å². The van der Waals surface area contributed by atoms with Crippen molar-refractivity contribution < 1.29 is 28.9 Å². The monoisotopic (exact) mass is 551 g/mol. The molecule has 3 N–H and O–H groups in total. The van der Waals surface area contributed by atoms with E-state index in [0.29, 0.717) is 18.2 Å². The minimum absolute atomic E-state index is 0.00871. The molecule has 1 aliphatic carbocycles. The van der Waals surface area contributed by atoms with Gasteiger partial charge in [-0.15, -0.1) is 6.58 Å². The highest BCUT2D eigenvalue weighted by Gasteiger charge is 2.34. The lowest BCUT2D eigenvalue weighted by Crippen LogP contribution is -2.43. The van der Waals surface area contributed by atoms with Gasteiger partial charge in [0, 0.05) is 36.8 Å². The number of amides is 2. The maximum absolute atomic E-state index is 12.3. The van der Waals surface area contributed by atoms with Crippen LogP contribution in [-0.2, 0) is 25.6 Å². The van der Waals surface area contributed by atoms with Gasteiger partial charge in [-0.3, -0.25) is 9.69 Å². The standard InChI is InChI=1S/C31H41N3O6/c1-3-16-34(26-10-5-6-11-26)20-27-18-28(23-14-12-22(21-35)13-15-23)40-30(39-27)24-8-7-9-25(17-24)33-31(37)32-19-29(36)38-4-2/h3,7-9,12-15,17,26-28,30,35H,1,4-6,10-11,16,18-21H2,2H3,(H2,32,33,37). The number of benzene rings is 2. The Kier molecular flexibility index (Phi) is 11.1. The van der Waals surface area contributed by atoms with Crippen LogP contribution in [0.25, 0.3) is 0 Å². The second-order valence-corrected chi connectivity index (χ2v) is 10.3. The minimum atomic E-state index is -0.639. The molecule has 0 radical (unpaired) electrons. The molecule has 0 spiro atoms. The zero-order valence-corrected chi connectivity index (χ0v) is 23.2. The zero-order chi connectivity index (χ0) is 28.3. The molecule has 2 aliphatic rings. The topological polar surface area (TPSA) is 109 Å². The van der Waals surface area contributed by atoms with Crippen molar-refractivity contribution in [3.8, 4) is 0 Å². The molecular formula is C31H41N3O6. The predicted molar refractivity (Wildman–Crippen MR) is 153 cm³/mol. The first-order valence-electron chi connectivity index (χ1n) is 14.1. The summed E-state index contributed by atoms with van der Waals surface area (Å²) in [6.07, 6.45) is 6.63. The lowest BCUT2D eigenvalue weighted by molar-refractivity contribution is -0.253. The number of nitrogens with zero attached hydrogens (tertiary/aromatic N) is 1. The molecule has 9 heteroatoms. The molecule has 3 atom stereocenters. The Bertz CT molecular complexity index is 1120. The lowest BCUT2D eigenvalue weighted by Gasteiger charge is -2.39. The molecule has 3 unspecified atom stereocenters. The van der Waals surface area contributed by atoms with Crippen LogP contribution < -0.4 is 10.6 Å². The number of esters is 1. The van der Waals surface area contributed by atoms with Gasteiger partial charge < -0.3 is 30.0 Å². The average Bonchev–Trinajstić information content (AvgIpc) is 3.51. The van der Waals surface area contributed by atoms with Gasteiger partial charge in [0.25, 0.3) is 0 Å². The lowest BCUT2D eigenvalue weighted by atomic mass is 9.99. The van der Waals surface area contributed by atoms with Gasteiger partial charge in [-0.1, -0.05) is 55.3 Å². The molecule has 1 saturated carbocycles. The highest BCUT2D eigenvalue weighted by Crippen LogP contribution is 2.39. The van der Waals surface area contributed by atoms with Crippen LogP contribution in [-0.4, -0.2) is 60.4 Å². The van der Waals surface area contributed by atoms with E-state index >= 15 is 0 Å². The molecule has 0 bridgehead atoms. The number of ether oxygens (including phenoxy) is 3. The predicted octanol–water partition coefficient (Wildman–Crippen LogP) is 4.84. The number of carbonyl (C=O) groups is 2. The molecule has 40 heavy (non-hydrogen) atoms. The van der Waals surface area contributed by atoms with Crippen LogP contribution in [0.4, 0.5) is 10.5 Å². The van der Waals surface area contributed by atoms with E-state index in [1.165, 1.54) is 25.7 Å². The summed E-state index contributed by atoms with van der Waals surface area (Å²) in [5.74, 6) is -0.498. The largest absolute Gasteiger partial charge is 0.465 e. The maximum Gasteiger partial charge on any atom is 0.325 e. The molecule has 2 aromatic carbocycles. The van der Waals surface area contributed by atoms with Gasteiger partial charge in [0.2, 0.25) is 0 Å². The maximum atomic E-state index is 12.3. The van der Waals surface area contributed by atoms with Gasteiger partial charge in [-0.25, -0.2) is 4.79 Å². The van der Waals surface area contributed by atoms with Crippen molar-refractivity contribution in [2.45, 2.75) is 70.2 Å². The summed E-state index contributed by atoms with van der Waals surface area (Å²) in [6, 6.07) is 15.2. The Hall–Kier alpha value is -3.24. The average molecular weight is 552 g/mol. The number of anilines is 1. The molecule has 9 nitrogen and oxygen atoms in total. The van der Waals surface area contributed by atoms with Crippen molar-refractivity contribution in [1.29, 1.82) is 0 Å².